The van der Waals surface area contributed by atoms with E-state index in [4.69, 9.17) is 9.68 Å². The van der Waals surface area contributed by atoms with E-state index in [1.165, 1.54) is 6.21 Å². The molecule has 0 atom stereocenters. The second-order valence-corrected chi connectivity index (χ2v) is 2.80. The molecule has 0 aromatic carbocycles. The molecule has 0 saturated carbocycles. The van der Waals surface area contributed by atoms with Crippen LogP contribution in [0, 0.1) is 11.3 Å². The lowest BCUT2D eigenvalue weighted by molar-refractivity contribution is 0.560. The van der Waals surface area contributed by atoms with Crippen molar-refractivity contribution in [1.82, 2.24) is 10.2 Å². The minimum absolute atomic E-state index is 0.264. The summed E-state index contributed by atoms with van der Waals surface area (Å²) in [6, 6.07) is 8.59. The summed E-state index contributed by atoms with van der Waals surface area (Å²) in [6.45, 7) is 0. The lowest BCUT2D eigenvalue weighted by Gasteiger charge is -1.95. The summed E-state index contributed by atoms with van der Waals surface area (Å²) >= 11 is 0. The summed E-state index contributed by atoms with van der Waals surface area (Å²) in [5.41, 5.74) is 2.93. The molecule has 0 bridgehead atoms. The smallest absolute Gasteiger partial charge is 0.168 e. The van der Waals surface area contributed by atoms with Crippen molar-refractivity contribution >= 4 is 12.0 Å². The summed E-state index contributed by atoms with van der Waals surface area (Å²) in [6.07, 6.45) is 3.07. The molecule has 0 amide bonds. The van der Waals surface area contributed by atoms with Gasteiger partial charge in [-0.15, -0.1) is 10.2 Å². The normalized spacial score (nSPS) is 10.2. The molecule has 2 aromatic rings. The zero-order valence-corrected chi connectivity index (χ0v) is 8.16. The van der Waals surface area contributed by atoms with E-state index < -0.39 is 0 Å². The largest absolute Gasteiger partial charge is 0.463 e. The molecule has 0 radical (unpaired) electrons. The first-order valence-corrected chi connectivity index (χ1v) is 4.45. The average Bonchev–Trinajstić information content (AvgIpc) is 2.83. The maximum absolute atomic E-state index is 8.51. The maximum atomic E-state index is 8.51. The number of aromatic nitrogens is 2. The van der Waals surface area contributed by atoms with Gasteiger partial charge in [-0.2, -0.15) is 10.4 Å². The van der Waals surface area contributed by atoms with Crippen LogP contribution in [0.3, 0.4) is 0 Å². The average molecular weight is 213 g/mol. The van der Waals surface area contributed by atoms with Gasteiger partial charge in [0.2, 0.25) is 0 Å². The van der Waals surface area contributed by atoms with E-state index >= 15 is 0 Å². The number of hydrogen-bond donors (Lipinski definition) is 1. The molecule has 0 unspecified atom stereocenters. The molecule has 1 N–H and O–H groups in total. The van der Waals surface area contributed by atoms with Crippen molar-refractivity contribution in [3.63, 3.8) is 0 Å². The van der Waals surface area contributed by atoms with Crippen LogP contribution in [0.25, 0.3) is 0 Å². The standard InChI is InChI=1S/C10H7N5O/c11-6-8-3-4-10(15-13-8)14-12-7-9-2-1-5-16-9/h1-5,7H,(H,14,15)/b12-7+. The van der Waals surface area contributed by atoms with Crippen molar-refractivity contribution < 1.29 is 4.42 Å². The van der Waals surface area contributed by atoms with Crippen molar-refractivity contribution in [2.24, 2.45) is 5.10 Å². The third-order valence-electron chi connectivity index (χ3n) is 1.69. The van der Waals surface area contributed by atoms with E-state index in [1.807, 2.05) is 6.07 Å². The van der Waals surface area contributed by atoms with E-state index in [-0.39, 0.29) is 5.69 Å². The summed E-state index contributed by atoms with van der Waals surface area (Å²) < 4.78 is 5.04. The van der Waals surface area contributed by atoms with Crippen LogP contribution in [0.5, 0.6) is 0 Å². The molecule has 0 aliphatic rings. The summed E-state index contributed by atoms with van der Waals surface area (Å²) in [5, 5.41) is 19.8. The van der Waals surface area contributed by atoms with Crippen molar-refractivity contribution in [1.29, 1.82) is 5.26 Å². The number of anilines is 1. The van der Waals surface area contributed by atoms with Crippen LogP contribution in [-0.4, -0.2) is 16.4 Å². The van der Waals surface area contributed by atoms with Gasteiger partial charge >= 0.3 is 0 Å². The molecule has 6 nitrogen and oxygen atoms in total. The number of nitrogens with one attached hydrogen (secondary N) is 1. The van der Waals surface area contributed by atoms with Gasteiger partial charge in [-0.05, 0) is 24.3 Å². The summed E-state index contributed by atoms with van der Waals surface area (Å²) in [4.78, 5) is 0. The predicted molar refractivity (Wildman–Crippen MR) is 56.7 cm³/mol. The monoisotopic (exact) mass is 213 g/mol. The second kappa shape index (κ2) is 4.70. The fourth-order valence-electron chi connectivity index (χ4n) is 0.978. The second-order valence-electron chi connectivity index (χ2n) is 2.80. The van der Waals surface area contributed by atoms with E-state index in [9.17, 15) is 0 Å². The number of nitriles is 1. The number of furan rings is 1. The van der Waals surface area contributed by atoms with Crippen molar-refractivity contribution in [3.05, 3.63) is 42.0 Å². The van der Waals surface area contributed by atoms with Gasteiger partial charge in [0.05, 0.1) is 12.5 Å². The Morgan fingerprint density at radius 1 is 1.38 bits per heavy atom. The molecule has 78 valence electrons. The van der Waals surface area contributed by atoms with Gasteiger partial charge < -0.3 is 4.42 Å². The lowest BCUT2D eigenvalue weighted by Crippen LogP contribution is -1.95. The summed E-state index contributed by atoms with van der Waals surface area (Å²) in [5.74, 6) is 1.09. The molecular formula is C10H7N5O. The van der Waals surface area contributed by atoms with Gasteiger partial charge in [-0.1, -0.05) is 0 Å². The minimum atomic E-state index is 0.264. The Kier molecular flexibility index (Phi) is 2.90. The Labute approximate surface area is 91.2 Å². The number of hydrazone groups is 1. The van der Waals surface area contributed by atoms with Crippen LogP contribution in [-0.2, 0) is 0 Å². The van der Waals surface area contributed by atoms with E-state index in [0.29, 0.717) is 11.6 Å². The Hall–Kier alpha value is -2.68. The fraction of sp³-hybridized carbons (Fsp3) is 0. The molecule has 0 aliphatic heterocycles. The summed E-state index contributed by atoms with van der Waals surface area (Å²) in [7, 11) is 0. The van der Waals surface area contributed by atoms with Crippen LogP contribution in [0.1, 0.15) is 11.5 Å². The molecule has 2 heterocycles. The van der Waals surface area contributed by atoms with Crippen LogP contribution in [0.15, 0.2) is 40.0 Å². The number of nitrogens with zero attached hydrogens (tertiary/aromatic N) is 4. The predicted octanol–water partition coefficient (Wildman–Crippen LogP) is 1.39. The van der Waals surface area contributed by atoms with Crippen LogP contribution >= 0.6 is 0 Å². The highest BCUT2D eigenvalue weighted by Gasteiger charge is 1.94. The minimum Gasteiger partial charge on any atom is -0.463 e. The first-order valence-electron chi connectivity index (χ1n) is 4.45. The molecule has 0 fully saturated rings. The van der Waals surface area contributed by atoms with Crippen molar-refractivity contribution in [2.75, 3.05) is 5.43 Å². The van der Waals surface area contributed by atoms with Gasteiger partial charge in [0.1, 0.15) is 11.8 Å². The molecule has 0 saturated heterocycles. The fourth-order valence-corrected chi connectivity index (χ4v) is 0.978. The third-order valence-corrected chi connectivity index (χ3v) is 1.69. The van der Waals surface area contributed by atoms with Gasteiger partial charge in [0.15, 0.2) is 11.5 Å². The molecule has 16 heavy (non-hydrogen) atoms. The lowest BCUT2D eigenvalue weighted by atomic mass is 10.4. The number of hydrogen-bond acceptors (Lipinski definition) is 6. The van der Waals surface area contributed by atoms with Gasteiger partial charge in [-0.3, -0.25) is 5.43 Å². The van der Waals surface area contributed by atoms with E-state index in [2.05, 4.69) is 20.7 Å². The van der Waals surface area contributed by atoms with Gasteiger partial charge in [-0.25, -0.2) is 0 Å². The first-order chi connectivity index (χ1) is 7.88. The first kappa shape index (κ1) is 9.86. The van der Waals surface area contributed by atoms with Gasteiger partial charge in [0, 0.05) is 0 Å². The quantitative estimate of drug-likeness (QED) is 0.614. The topological polar surface area (TPSA) is 87.1 Å². The molecule has 2 aromatic heterocycles. The Balaban J connectivity index is 1.97. The highest BCUT2D eigenvalue weighted by atomic mass is 16.3. The molecule has 0 aliphatic carbocycles. The van der Waals surface area contributed by atoms with Crippen molar-refractivity contribution in [2.45, 2.75) is 0 Å². The SMILES string of the molecule is N#Cc1ccc(N/N=C/c2ccco2)nn1. The van der Waals surface area contributed by atoms with Gasteiger partial charge in [0.25, 0.3) is 0 Å². The zero-order chi connectivity index (χ0) is 11.2. The highest BCUT2D eigenvalue weighted by molar-refractivity contribution is 5.76. The zero-order valence-electron chi connectivity index (χ0n) is 8.16. The van der Waals surface area contributed by atoms with Crippen LogP contribution in [0.2, 0.25) is 0 Å². The Morgan fingerprint density at radius 3 is 2.94 bits per heavy atom. The third kappa shape index (κ3) is 2.42. The van der Waals surface area contributed by atoms with E-state index in [1.54, 1.807) is 30.5 Å². The maximum Gasteiger partial charge on any atom is 0.168 e. The highest BCUT2D eigenvalue weighted by Crippen LogP contribution is 2.01. The molecule has 0 spiro atoms. The Bertz CT molecular complexity index is 509. The van der Waals surface area contributed by atoms with Crippen LogP contribution < -0.4 is 5.43 Å². The molecule has 6 heteroatoms. The number of rotatable bonds is 3. The Morgan fingerprint density at radius 2 is 2.31 bits per heavy atom. The van der Waals surface area contributed by atoms with Crippen molar-refractivity contribution in [3.8, 4) is 6.07 Å². The molecular weight excluding hydrogens is 206 g/mol. The molecule has 2 rings (SSSR count). The van der Waals surface area contributed by atoms with E-state index in [0.717, 1.165) is 0 Å². The van der Waals surface area contributed by atoms with Crippen LogP contribution in [0.4, 0.5) is 5.82 Å².